The van der Waals surface area contributed by atoms with Gasteiger partial charge in [0.15, 0.2) is 0 Å². The Labute approximate surface area is 184 Å². The first kappa shape index (κ1) is 21.2. The van der Waals surface area contributed by atoms with Crippen molar-refractivity contribution in [2.75, 3.05) is 13.7 Å². The first-order chi connectivity index (χ1) is 15.0. The number of para-hydroxylation sites is 1. The van der Waals surface area contributed by atoms with Crippen molar-refractivity contribution >= 4 is 34.4 Å². The molecule has 0 unspecified atom stereocenters. The molecular formula is C23H21ClFN3O3. The molecule has 2 atom stereocenters. The quantitative estimate of drug-likeness (QED) is 0.613. The van der Waals surface area contributed by atoms with Crippen LogP contribution in [0.2, 0.25) is 5.02 Å². The number of likely N-dealkylation sites (tertiary alicyclic amines) is 1. The van der Waals surface area contributed by atoms with Crippen molar-refractivity contribution < 1.29 is 18.7 Å². The smallest absolute Gasteiger partial charge is 0.323 e. The van der Waals surface area contributed by atoms with E-state index in [0.717, 1.165) is 10.9 Å². The molecule has 2 heterocycles. The number of halogens is 2. The molecule has 31 heavy (non-hydrogen) atoms. The Morgan fingerprint density at radius 2 is 2.00 bits per heavy atom. The molecule has 3 aromatic rings. The lowest BCUT2D eigenvalue weighted by molar-refractivity contribution is -0.146. The number of aromatic nitrogens is 1. The van der Waals surface area contributed by atoms with Gasteiger partial charge in [-0.3, -0.25) is 14.5 Å². The number of rotatable bonds is 5. The van der Waals surface area contributed by atoms with Gasteiger partial charge in [-0.25, -0.2) is 9.37 Å². The molecule has 0 radical (unpaired) electrons. The highest BCUT2D eigenvalue weighted by atomic mass is 35.5. The van der Waals surface area contributed by atoms with Crippen molar-refractivity contribution in [2.24, 2.45) is 0 Å². The lowest BCUT2D eigenvalue weighted by Crippen LogP contribution is -2.38. The van der Waals surface area contributed by atoms with Crippen LogP contribution in [-0.2, 0) is 16.1 Å². The largest absolute Gasteiger partial charge is 0.468 e. The van der Waals surface area contributed by atoms with Gasteiger partial charge in [-0.2, -0.15) is 0 Å². The van der Waals surface area contributed by atoms with Crippen LogP contribution in [0.15, 0.2) is 54.6 Å². The zero-order valence-corrected chi connectivity index (χ0v) is 17.6. The van der Waals surface area contributed by atoms with E-state index in [-0.39, 0.29) is 23.5 Å². The zero-order valence-electron chi connectivity index (χ0n) is 16.8. The van der Waals surface area contributed by atoms with Gasteiger partial charge < -0.3 is 10.1 Å². The summed E-state index contributed by atoms with van der Waals surface area (Å²) in [6.45, 7) is 0.482. The minimum absolute atomic E-state index is 0.131. The average molecular weight is 442 g/mol. The third kappa shape index (κ3) is 4.52. The Kier molecular flexibility index (Phi) is 6.15. The van der Waals surface area contributed by atoms with E-state index in [9.17, 15) is 14.0 Å². The Bertz CT molecular complexity index is 1120. The summed E-state index contributed by atoms with van der Waals surface area (Å²) in [5.74, 6) is -1.21. The van der Waals surface area contributed by atoms with E-state index in [1.807, 2.05) is 30.3 Å². The number of esters is 1. The fraction of sp³-hybridized carbons (Fsp3) is 0.261. The summed E-state index contributed by atoms with van der Waals surface area (Å²) >= 11 is 6.16. The maximum Gasteiger partial charge on any atom is 0.323 e. The second kappa shape index (κ2) is 8.99. The van der Waals surface area contributed by atoms with Crippen molar-refractivity contribution in [1.82, 2.24) is 15.2 Å². The number of pyridine rings is 1. The minimum atomic E-state index is -0.615. The molecule has 4 rings (SSSR count). The maximum absolute atomic E-state index is 14.3. The Morgan fingerprint density at radius 1 is 1.19 bits per heavy atom. The predicted octanol–water partition coefficient (Wildman–Crippen LogP) is 3.57. The van der Waals surface area contributed by atoms with Gasteiger partial charge in [-0.15, -0.1) is 0 Å². The summed E-state index contributed by atoms with van der Waals surface area (Å²) in [6.07, 6.45) is 0.345. The van der Waals surface area contributed by atoms with E-state index in [1.165, 1.54) is 19.2 Å². The van der Waals surface area contributed by atoms with Crippen molar-refractivity contribution in [3.63, 3.8) is 0 Å². The molecule has 1 N–H and O–H groups in total. The Morgan fingerprint density at radius 3 is 2.77 bits per heavy atom. The number of hydrogen-bond acceptors (Lipinski definition) is 5. The van der Waals surface area contributed by atoms with Gasteiger partial charge >= 0.3 is 5.97 Å². The molecule has 1 saturated heterocycles. The third-order valence-electron chi connectivity index (χ3n) is 5.47. The molecule has 1 fully saturated rings. The van der Waals surface area contributed by atoms with Gasteiger partial charge in [0.2, 0.25) is 0 Å². The molecule has 1 aliphatic rings. The van der Waals surface area contributed by atoms with Crippen molar-refractivity contribution in [3.05, 3.63) is 76.7 Å². The summed E-state index contributed by atoms with van der Waals surface area (Å²) in [5, 5.41) is 4.17. The summed E-state index contributed by atoms with van der Waals surface area (Å²) in [7, 11) is 1.31. The summed E-state index contributed by atoms with van der Waals surface area (Å²) < 4.78 is 19.2. The van der Waals surface area contributed by atoms with E-state index in [1.54, 1.807) is 17.0 Å². The Hall–Kier alpha value is -3.03. The predicted molar refractivity (Wildman–Crippen MR) is 115 cm³/mol. The molecule has 160 valence electrons. The van der Waals surface area contributed by atoms with Gasteiger partial charge in [-0.1, -0.05) is 41.9 Å². The van der Waals surface area contributed by atoms with Gasteiger partial charge in [0.1, 0.15) is 17.6 Å². The van der Waals surface area contributed by atoms with E-state index in [0.29, 0.717) is 24.2 Å². The Balaban J connectivity index is 1.51. The maximum atomic E-state index is 14.3. The number of amides is 1. The lowest BCUT2D eigenvalue weighted by Gasteiger charge is -2.22. The van der Waals surface area contributed by atoms with Crippen LogP contribution in [-0.4, -0.2) is 47.5 Å². The second-order valence-corrected chi connectivity index (χ2v) is 7.87. The fourth-order valence-electron chi connectivity index (χ4n) is 3.90. The monoisotopic (exact) mass is 441 g/mol. The van der Waals surface area contributed by atoms with Gasteiger partial charge in [0.25, 0.3) is 5.91 Å². The molecular weight excluding hydrogens is 421 g/mol. The van der Waals surface area contributed by atoms with Crippen LogP contribution < -0.4 is 5.32 Å². The summed E-state index contributed by atoms with van der Waals surface area (Å²) in [6, 6.07) is 14.6. The van der Waals surface area contributed by atoms with Crippen LogP contribution in [0.3, 0.4) is 0 Å². The minimum Gasteiger partial charge on any atom is -0.468 e. The second-order valence-electron chi connectivity index (χ2n) is 7.46. The van der Waals surface area contributed by atoms with Crippen molar-refractivity contribution in [3.8, 4) is 0 Å². The van der Waals surface area contributed by atoms with Crippen LogP contribution in [0.5, 0.6) is 0 Å². The molecule has 8 heteroatoms. The number of carbonyl (C=O) groups is 2. The number of fused-ring (bicyclic) bond motifs is 1. The SMILES string of the molecule is COC(=O)[C@@H]1C[C@@H](NC(=O)c2ccc3ccccc3n2)CN1Cc1c(F)cccc1Cl. The van der Waals surface area contributed by atoms with Crippen LogP contribution >= 0.6 is 11.6 Å². The molecule has 1 aromatic heterocycles. The van der Waals surface area contributed by atoms with E-state index >= 15 is 0 Å². The number of nitrogens with one attached hydrogen (secondary N) is 1. The topological polar surface area (TPSA) is 71.5 Å². The average Bonchev–Trinajstić information content (AvgIpc) is 3.17. The first-order valence-electron chi connectivity index (χ1n) is 9.87. The van der Waals surface area contributed by atoms with E-state index in [4.69, 9.17) is 16.3 Å². The number of hydrogen-bond donors (Lipinski definition) is 1. The number of ether oxygens (including phenoxy) is 1. The molecule has 0 saturated carbocycles. The normalized spacial score (nSPS) is 18.8. The molecule has 1 aliphatic heterocycles. The van der Waals surface area contributed by atoms with Crippen molar-refractivity contribution in [1.29, 1.82) is 0 Å². The number of nitrogens with zero attached hydrogens (tertiary/aromatic N) is 2. The number of benzene rings is 2. The third-order valence-corrected chi connectivity index (χ3v) is 5.82. The molecule has 0 bridgehead atoms. The molecule has 0 spiro atoms. The number of methoxy groups -OCH3 is 1. The highest BCUT2D eigenvalue weighted by Gasteiger charge is 2.38. The fourth-order valence-corrected chi connectivity index (χ4v) is 4.13. The first-order valence-corrected chi connectivity index (χ1v) is 10.3. The van der Waals surface area contributed by atoms with Crippen LogP contribution in [0.1, 0.15) is 22.5 Å². The molecule has 1 amide bonds. The summed E-state index contributed by atoms with van der Waals surface area (Å²) in [4.78, 5) is 31.3. The highest BCUT2D eigenvalue weighted by Crippen LogP contribution is 2.27. The highest BCUT2D eigenvalue weighted by molar-refractivity contribution is 6.31. The van der Waals surface area contributed by atoms with Crippen LogP contribution in [0.4, 0.5) is 4.39 Å². The standard InChI is InChI=1S/C23H21ClFN3O3/c1-31-23(30)21-11-15(12-28(21)13-16-17(24)6-4-7-18(16)25)26-22(29)20-10-9-14-5-2-3-8-19(14)27-20/h2-10,15,21H,11-13H2,1H3,(H,26,29)/t15-,21+/m1/s1. The lowest BCUT2D eigenvalue weighted by atomic mass is 10.1. The molecule has 0 aliphatic carbocycles. The van der Waals surface area contributed by atoms with Crippen molar-refractivity contribution in [2.45, 2.75) is 25.0 Å². The van der Waals surface area contributed by atoms with Crippen LogP contribution in [0, 0.1) is 5.82 Å². The number of carbonyl (C=O) groups excluding carboxylic acids is 2. The van der Waals surface area contributed by atoms with Gasteiger partial charge in [-0.05, 0) is 30.7 Å². The molecule has 2 aromatic carbocycles. The van der Waals surface area contributed by atoms with E-state index < -0.39 is 17.8 Å². The zero-order chi connectivity index (χ0) is 22.0. The van der Waals surface area contributed by atoms with E-state index in [2.05, 4.69) is 10.3 Å². The van der Waals surface area contributed by atoms with Gasteiger partial charge in [0, 0.05) is 35.1 Å². The van der Waals surface area contributed by atoms with Gasteiger partial charge in [0.05, 0.1) is 12.6 Å². The molecule has 6 nitrogen and oxygen atoms in total. The summed E-state index contributed by atoms with van der Waals surface area (Å²) in [5.41, 5.74) is 1.33. The van der Waals surface area contributed by atoms with Crippen LogP contribution in [0.25, 0.3) is 10.9 Å².